The molecule has 4 aromatic rings. The maximum Gasteiger partial charge on any atom is 0.337 e. The highest BCUT2D eigenvalue weighted by molar-refractivity contribution is 6.13. The highest BCUT2D eigenvalue weighted by Gasteiger charge is 2.23. The van der Waals surface area contributed by atoms with Gasteiger partial charge in [0.05, 0.1) is 24.9 Å². The number of nitrogens with one attached hydrogen (secondary N) is 1. The summed E-state index contributed by atoms with van der Waals surface area (Å²) in [6.07, 6.45) is 0.574. The first-order chi connectivity index (χ1) is 17.0. The van der Waals surface area contributed by atoms with Crippen LogP contribution in [0.1, 0.15) is 40.5 Å². The summed E-state index contributed by atoms with van der Waals surface area (Å²) in [6, 6.07) is 16.3. The van der Waals surface area contributed by atoms with E-state index in [2.05, 4.69) is 5.32 Å². The van der Waals surface area contributed by atoms with Crippen LogP contribution in [0.25, 0.3) is 33.4 Å². The Morgan fingerprint density at radius 2 is 1.80 bits per heavy atom. The number of Topliss-reactive ketones (excluding diaryl/α,β-unsaturated/α-hetero) is 1. The van der Waals surface area contributed by atoms with Gasteiger partial charge in [0.1, 0.15) is 17.2 Å². The van der Waals surface area contributed by atoms with Crippen molar-refractivity contribution in [2.24, 2.45) is 0 Å². The molecule has 0 aliphatic rings. The van der Waals surface area contributed by atoms with E-state index in [-0.39, 0.29) is 18.0 Å². The van der Waals surface area contributed by atoms with Crippen LogP contribution in [0, 0.1) is 5.82 Å². The smallest absolute Gasteiger partial charge is 0.337 e. The third-order valence-electron chi connectivity index (χ3n) is 5.76. The van der Waals surface area contributed by atoms with Crippen molar-refractivity contribution < 1.29 is 27.5 Å². The molecule has 7 heteroatoms. The number of ketones is 1. The van der Waals surface area contributed by atoms with Crippen molar-refractivity contribution in [3.05, 3.63) is 77.6 Å². The zero-order chi connectivity index (χ0) is 24.9. The van der Waals surface area contributed by atoms with Gasteiger partial charge in [0.2, 0.25) is 0 Å². The van der Waals surface area contributed by atoms with Gasteiger partial charge in [-0.3, -0.25) is 9.18 Å². The lowest BCUT2D eigenvalue weighted by molar-refractivity contribution is 0.0600. The normalized spacial score (nSPS) is 11.0. The first-order valence-corrected chi connectivity index (χ1v) is 11.3. The highest BCUT2D eigenvalue weighted by atomic mass is 19.1. The standard InChI is InChI=1S/C28H25F2NO4/c1-3-24(32)26-22-15-21(18-6-4-7-19(14-18)28(33)34-2)23(31-13-5-12-29)16-25(22)35-27(26)17-8-10-20(30)11-9-17/h4,6-11,14-16,31H,3,5,12-13H2,1-2H3. The van der Waals surface area contributed by atoms with Crippen LogP contribution in [0.4, 0.5) is 14.5 Å². The van der Waals surface area contributed by atoms with Crippen molar-refractivity contribution in [1.29, 1.82) is 0 Å². The number of anilines is 1. The summed E-state index contributed by atoms with van der Waals surface area (Å²) in [4.78, 5) is 25.1. The number of halogens is 2. The fourth-order valence-corrected chi connectivity index (χ4v) is 4.01. The molecule has 0 aliphatic carbocycles. The van der Waals surface area contributed by atoms with Crippen LogP contribution in [0.5, 0.6) is 0 Å². The fraction of sp³-hybridized carbons (Fsp3) is 0.214. The lowest BCUT2D eigenvalue weighted by Gasteiger charge is -2.13. The minimum Gasteiger partial charge on any atom is -0.465 e. The Kier molecular flexibility index (Phi) is 7.25. The Morgan fingerprint density at radius 3 is 2.49 bits per heavy atom. The molecule has 0 unspecified atom stereocenters. The topological polar surface area (TPSA) is 68.5 Å². The molecule has 1 aromatic heterocycles. The predicted molar refractivity (Wildman–Crippen MR) is 132 cm³/mol. The van der Waals surface area contributed by atoms with E-state index in [0.717, 1.165) is 11.1 Å². The maximum atomic E-state index is 13.5. The molecule has 0 amide bonds. The zero-order valence-electron chi connectivity index (χ0n) is 19.5. The second-order valence-electron chi connectivity index (χ2n) is 8.03. The largest absolute Gasteiger partial charge is 0.465 e. The molecule has 35 heavy (non-hydrogen) atoms. The number of rotatable bonds is 9. The fourth-order valence-electron chi connectivity index (χ4n) is 4.01. The summed E-state index contributed by atoms with van der Waals surface area (Å²) in [6.45, 7) is 1.69. The van der Waals surface area contributed by atoms with Crippen LogP contribution in [-0.2, 0) is 4.74 Å². The third kappa shape index (κ3) is 4.94. The van der Waals surface area contributed by atoms with Crippen LogP contribution in [0.3, 0.4) is 0 Å². The van der Waals surface area contributed by atoms with Gasteiger partial charge in [-0.15, -0.1) is 0 Å². The summed E-state index contributed by atoms with van der Waals surface area (Å²) >= 11 is 0. The van der Waals surface area contributed by atoms with Gasteiger partial charge in [0.15, 0.2) is 5.78 Å². The minimum absolute atomic E-state index is 0.115. The van der Waals surface area contributed by atoms with Crippen LogP contribution in [0.2, 0.25) is 0 Å². The molecule has 0 bridgehead atoms. The van der Waals surface area contributed by atoms with Crippen molar-refractivity contribution in [2.75, 3.05) is 25.6 Å². The SMILES string of the molecule is CCC(=O)c1c(-c2ccc(F)cc2)oc2cc(NCCCF)c(-c3cccc(C(=O)OC)c3)cc12. The molecule has 0 spiro atoms. The van der Waals surface area contributed by atoms with Crippen LogP contribution in [-0.4, -0.2) is 32.1 Å². The van der Waals surface area contributed by atoms with E-state index in [1.165, 1.54) is 19.2 Å². The number of esters is 1. The Morgan fingerprint density at radius 1 is 1.03 bits per heavy atom. The molecule has 0 atom stereocenters. The van der Waals surface area contributed by atoms with Crippen molar-refractivity contribution in [3.8, 4) is 22.5 Å². The first kappa shape index (κ1) is 24.1. The number of alkyl halides is 1. The minimum atomic E-state index is -0.469. The summed E-state index contributed by atoms with van der Waals surface area (Å²) in [5, 5.41) is 3.84. The summed E-state index contributed by atoms with van der Waals surface area (Å²) in [5.74, 6) is -0.610. The number of hydrogen-bond donors (Lipinski definition) is 1. The van der Waals surface area contributed by atoms with Gasteiger partial charge in [-0.25, -0.2) is 9.18 Å². The number of carbonyl (C=O) groups excluding carboxylic acids is 2. The molecule has 5 nitrogen and oxygen atoms in total. The van der Waals surface area contributed by atoms with Crippen LogP contribution in [0.15, 0.2) is 65.1 Å². The van der Waals surface area contributed by atoms with E-state index >= 15 is 0 Å². The van der Waals surface area contributed by atoms with Gasteiger partial charge in [-0.05, 0) is 54.4 Å². The molecule has 0 fully saturated rings. The van der Waals surface area contributed by atoms with E-state index in [1.54, 1.807) is 43.3 Å². The zero-order valence-corrected chi connectivity index (χ0v) is 19.5. The summed E-state index contributed by atoms with van der Waals surface area (Å²) in [7, 11) is 1.32. The molecule has 1 N–H and O–H groups in total. The van der Waals surface area contributed by atoms with Crippen molar-refractivity contribution in [3.63, 3.8) is 0 Å². The molecule has 0 radical (unpaired) electrons. The van der Waals surface area contributed by atoms with Crippen LogP contribution >= 0.6 is 0 Å². The number of carbonyl (C=O) groups is 2. The molecule has 1 heterocycles. The van der Waals surface area contributed by atoms with Gasteiger partial charge in [0.25, 0.3) is 0 Å². The molecule has 3 aromatic carbocycles. The highest BCUT2D eigenvalue weighted by Crippen LogP contribution is 2.40. The van der Waals surface area contributed by atoms with Gasteiger partial charge in [0, 0.05) is 41.2 Å². The van der Waals surface area contributed by atoms with E-state index in [4.69, 9.17) is 9.15 Å². The Balaban J connectivity index is 1.96. The average Bonchev–Trinajstić information content (AvgIpc) is 3.26. The van der Waals surface area contributed by atoms with Crippen molar-refractivity contribution in [2.45, 2.75) is 19.8 Å². The molecule has 0 saturated carbocycles. The van der Waals surface area contributed by atoms with Gasteiger partial charge < -0.3 is 14.5 Å². The quantitative estimate of drug-likeness (QED) is 0.159. The molecule has 0 saturated heterocycles. The number of benzene rings is 3. The molecular formula is C28H25F2NO4. The molecular weight excluding hydrogens is 452 g/mol. The van der Waals surface area contributed by atoms with Gasteiger partial charge in [-0.1, -0.05) is 19.1 Å². The predicted octanol–water partition coefficient (Wildman–Crippen LogP) is 7.06. The van der Waals surface area contributed by atoms with Crippen LogP contribution < -0.4 is 5.32 Å². The van der Waals surface area contributed by atoms with E-state index < -0.39 is 12.6 Å². The lowest BCUT2D eigenvalue weighted by Crippen LogP contribution is -2.05. The number of ether oxygens (including phenoxy) is 1. The average molecular weight is 478 g/mol. The number of furan rings is 1. The number of methoxy groups -OCH3 is 1. The summed E-state index contributed by atoms with van der Waals surface area (Å²) in [5.41, 5.74) is 3.95. The Labute approximate surface area is 201 Å². The van der Waals surface area contributed by atoms with Gasteiger partial charge >= 0.3 is 5.97 Å². The second kappa shape index (κ2) is 10.5. The van der Waals surface area contributed by atoms with E-state index in [1.807, 2.05) is 12.1 Å². The van der Waals surface area contributed by atoms with Crippen molar-refractivity contribution >= 4 is 28.4 Å². The third-order valence-corrected chi connectivity index (χ3v) is 5.76. The molecule has 0 aliphatic heterocycles. The molecule has 180 valence electrons. The maximum absolute atomic E-state index is 13.5. The summed E-state index contributed by atoms with van der Waals surface area (Å²) < 4.78 is 37.3. The van der Waals surface area contributed by atoms with E-state index in [9.17, 15) is 18.4 Å². The van der Waals surface area contributed by atoms with Gasteiger partial charge in [-0.2, -0.15) is 0 Å². The second-order valence-corrected chi connectivity index (χ2v) is 8.03. The Bertz CT molecular complexity index is 1380. The molecule has 4 rings (SSSR count). The lowest BCUT2D eigenvalue weighted by atomic mass is 9.95. The number of fused-ring (bicyclic) bond motifs is 1. The monoisotopic (exact) mass is 477 g/mol. The number of hydrogen-bond acceptors (Lipinski definition) is 5. The van der Waals surface area contributed by atoms with E-state index in [0.29, 0.717) is 52.1 Å². The van der Waals surface area contributed by atoms with Crippen molar-refractivity contribution in [1.82, 2.24) is 0 Å². The Hall–Kier alpha value is -4.00. The first-order valence-electron chi connectivity index (χ1n) is 11.3.